The molecule has 3 unspecified atom stereocenters. The van der Waals surface area contributed by atoms with E-state index >= 15 is 0 Å². The quantitative estimate of drug-likeness (QED) is 0.721. The zero-order chi connectivity index (χ0) is 21.0. The minimum atomic E-state index is -0.717. The molecule has 0 aliphatic carbocycles. The normalized spacial score (nSPS) is 24.4. The van der Waals surface area contributed by atoms with Crippen molar-refractivity contribution < 1.29 is 23.9 Å². The predicted molar refractivity (Wildman–Crippen MR) is 106 cm³/mol. The monoisotopic (exact) mass is 403 g/mol. The maximum atomic E-state index is 13.3. The van der Waals surface area contributed by atoms with Gasteiger partial charge in [-0.3, -0.25) is 14.4 Å². The average molecular weight is 403 g/mol. The lowest BCUT2D eigenvalue weighted by molar-refractivity contribution is -0.150. The molecule has 0 aromatic heterocycles. The Kier molecular flexibility index (Phi) is 6.87. The summed E-state index contributed by atoms with van der Waals surface area (Å²) in [6, 6.07) is 6.40. The number of amides is 2. The van der Waals surface area contributed by atoms with Gasteiger partial charge in [-0.05, 0) is 18.9 Å². The molecule has 2 amide bonds. The molecule has 3 rings (SSSR count). The van der Waals surface area contributed by atoms with Crippen LogP contribution in [-0.2, 0) is 23.9 Å². The Morgan fingerprint density at radius 2 is 1.76 bits per heavy atom. The highest BCUT2D eigenvalue weighted by Crippen LogP contribution is 2.42. The molecule has 2 saturated heterocycles. The van der Waals surface area contributed by atoms with E-state index < -0.39 is 24.0 Å². The first kappa shape index (κ1) is 21.3. The molecular formula is C21H29N3O5. The van der Waals surface area contributed by atoms with E-state index in [0.717, 1.165) is 11.1 Å². The Morgan fingerprint density at radius 1 is 1.10 bits per heavy atom. The number of hydrogen-bond acceptors (Lipinski definition) is 6. The zero-order valence-electron chi connectivity index (χ0n) is 17.2. The lowest BCUT2D eigenvalue weighted by Crippen LogP contribution is -2.54. The lowest BCUT2D eigenvalue weighted by Gasteiger charge is -2.35. The molecule has 0 saturated carbocycles. The first-order chi connectivity index (χ1) is 14.0. The van der Waals surface area contributed by atoms with Crippen molar-refractivity contribution in [1.29, 1.82) is 0 Å². The second-order valence-corrected chi connectivity index (χ2v) is 7.55. The average Bonchev–Trinajstić information content (AvgIpc) is 3.14. The van der Waals surface area contributed by atoms with E-state index in [9.17, 15) is 14.4 Å². The third kappa shape index (κ3) is 4.43. The number of nitrogens with zero attached hydrogens (tertiary/aromatic N) is 2. The number of aryl methyl sites for hydroxylation is 1. The number of carbonyl (C=O) groups is 3. The van der Waals surface area contributed by atoms with Crippen molar-refractivity contribution in [2.75, 3.05) is 47.0 Å². The molecule has 1 aromatic carbocycles. The number of methoxy groups -OCH3 is 2. The highest BCUT2D eigenvalue weighted by Gasteiger charge is 2.51. The third-order valence-electron chi connectivity index (χ3n) is 5.69. The van der Waals surface area contributed by atoms with Crippen molar-refractivity contribution in [3.05, 3.63) is 35.4 Å². The number of nitrogens with one attached hydrogen (secondary N) is 1. The summed E-state index contributed by atoms with van der Waals surface area (Å²) in [4.78, 5) is 42.2. The number of likely N-dealkylation sites (tertiary alicyclic amines) is 1. The van der Waals surface area contributed by atoms with Crippen LogP contribution in [0.4, 0.5) is 0 Å². The lowest BCUT2D eigenvalue weighted by atomic mass is 9.92. The molecule has 29 heavy (non-hydrogen) atoms. The molecule has 3 atom stereocenters. The van der Waals surface area contributed by atoms with E-state index in [0.29, 0.717) is 26.2 Å². The Bertz CT molecular complexity index is 745. The van der Waals surface area contributed by atoms with Crippen molar-refractivity contribution in [2.45, 2.75) is 25.4 Å². The topological polar surface area (TPSA) is 88.2 Å². The van der Waals surface area contributed by atoms with E-state index in [2.05, 4.69) is 5.32 Å². The summed E-state index contributed by atoms with van der Waals surface area (Å²) in [5.74, 6) is -1.46. The van der Waals surface area contributed by atoms with E-state index in [-0.39, 0.29) is 24.8 Å². The summed E-state index contributed by atoms with van der Waals surface area (Å²) in [5.41, 5.74) is 1.88. The van der Waals surface area contributed by atoms with Gasteiger partial charge in [0.15, 0.2) is 0 Å². The number of benzene rings is 1. The van der Waals surface area contributed by atoms with Crippen molar-refractivity contribution in [2.24, 2.45) is 5.92 Å². The molecule has 0 radical (unpaired) electrons. The van der Waals surface area contributed by atoms with E-state index in [1.165, 1.54) is 14.2 Å². The van der Waals surface area contributed by atoms with Gasteiger partial charge in [0.05, 0.1) is 19.1 Å². The molecule has 8 nitrogen and oxygen atoms in total. The Labute approximate surface area is 171 Å². The molecule has 0 spiro atoms. The van der Waals surface area contributed by atoms with E-state index in [1.807, 2.05) is 31.2 Å². The Morgan fingerprint density at radius 3 is 2.34 bits per heavy atom. The second kappa shape index (κ2) is 9.37. The summed E-state index contributed by atoms with van der Waals surface area (Å²) in [6.45, 7) is 4.42. The molecule has 1 aromatic rings. The minimum absolute atomic E-state index is 0.125. The SMILES string of the molecule is COCC(=O)N1C(C(=O)N2CCNCC2)CC(C(=O)OC)C1c1ccc(C)cc1. The number of ether oxygens (including phenoxy) is 2. The molecule has 0 bridgehead atoms. The molecule has 2 aliphatic rings. The molecule has 2 aliphatic heterocycles. The molecule has 1 N–H and O–H groups in total. The van der Waals surface area contributed by atoms with Gasteiger partial charge >= 0.3 is 5.97 Å². The molecule has 2 fully saturated rings. The summed E-state index contributed by atoms with van der Waals surface area (Å²) >= 11 is 0. The highest BCUT2D eigenvalue weighted by atomic mass is 16.5. The van der Waals surface area contributed by atoms with Crippen LogP contribution in [0.1, 0.15) is 23.6 Å². The second-order valence-electron chi connectivity index (χ2n) is 7.55. The van der Waals surface area contributed by atoms with Gasteiger partial charge < -0.3 is 24.6 Å². The smallest absolute Gasteiger partial charge is 0.311 e. The van der Waals surface area contributed by atoms with Crippen LogP contribution < -0.4 is 5.32 Å². The molecular weight excluding hydrogens is 374 g/mol. The van der Waals surface area contributed by atoms with Gasteiger partial charge in [0, 0.05) is 33.3 Å². The van der Waals surface area contributed by atoms with Crippen LogP contribution in [-0.4, -0.2) is 80.6 Å². The van der Waals surface area contributed by atoms with Crippen LogP contribution in [0.2, 0.25) is 0 Å². The fourth-order valence-corrected chi connectivity index (χ4v) is 4.25. The van der Waals surface area contributed by atoms with Crippen LogP contribution in [0.15, 0.2) is 24.3 Å². The van der Waals surface area contributed by atoms with Crippen molar-refractivity contribution in [1.82, 2.24) is 15.1 Å². The first-order valence-corrected chi connectivity index (χ1v) is 9.92. The summed E-state index contributed by atoms with van der Waals surface area (Å²) in [6.07, 6.45) is 0.240. The number of rotatable bonds is 5. The fourth-order valence-electron chi connectivity index (χ4n) is 4.25. The van der Waals surface area contributed by atoms with E-state index in [4.69, 9.17) is 9.47 Å². The Hall–Kier alpha value is -2.45. The fraction of sp³-hybridized carbons (Fsp3) is 0.571. The zero-order valence-corrected chi connectivity index (χ0v) is 17.2. The van der Waals surface area contributed by atoms with Crippen molar-refractivity contribution in [3.8, 4) is 0 Å². The summed E-state index contributed by atoms with van der Waals surface area (Å²) in [5, 5.41) is 3.22. The van der Waals surface area contributed by atoms with E-state index in [1.54, 1.807) is 9.80 Å². The van der Waals surface area contributed by atoms with Gasteiger partial charge in [-0.25, -0.2) is 0 Å². The van der Waals surface area contributed by atoms with Gasteiger partial charge in [0.2, 0.25) is 11.8 Å². The number of esters is 1. The molecule has 8 heteroatoms. The molecule has 2 heterocycles. The third-order valence-corrected chi connectivity index (χ3v) is 5.69. The maximum absolute atomic E-state index is 13.3. The van der Waals surface area contributed by atoms with Crippen LogP contribution in [0, 0.1) is 12.8 Å². The van der Waals surface area contributed by atoms with Crippen LogP contribution in [0.25, 0.3) is 0 Å². The van der Waals surface area contributed by atoms with Crippen LogP contribution in [0.5, 0.6) is 0 Å². The molecule has 158 valence electrons. The van der Waals surface area contributed by atoms with Crippen LogP contribution in [0.3, 0.4) is 0 Å². The summed E-state index contributed by atoms with van der Waals surface area (Å²) < 4.78 is 10.1. The van der Waals surface area contributed by atoms with Gasteiger partial charge in [-0.1, -0.05) is 29.8 Å². The van der Waals surface area contributed by atoms with Gasteiger partial charge in [-0.15, -0.1) is 0 Å². The first-order valence-electron chi connectivity index (χ1n) is 9.92. The predicted octanol–water partition coefficient (Wildman–Crippen LogP) is 0.504. The number of hydrogen-bond donors (Lipinski definition) is 1. The minimum Gasteiger partial charge on any atom is -0.469 e. The van der Waals surface area contributed by atoms with Gasteiger partial charge in [-0.2, -0.15) is 0 Å². The maximum Gasteiger partial charge on any atom is 0.311 e. The van der Waals surface area contributed by atoms with Gasteiger partial charge in [0.1, 0.15) is 12.6 Å². The number of carbonyl (C=O) groups excluding carboxylic acids is 3. The van der Waals surface area contributed by atoms with Gasteiger partial charge in [0.25, 0.3) is 0 Å². The highest BCUT2D eigenvalue weighted by molar-refractivity contribution is 5.91. The number of piperazine rings is 1. The summed E-state index contributed by atoms with van der Waals surface area (Å²) in [7, 11) is 2.78. The standard InChI is InChI=1S/C21H29N3O5/c1-14-4-6-15(7-5-14)19-16(21(27)29-3)12-17(24(19)18(25)13-28-2)20(26)23-10-8-22-9-11-23/h4-7,16-17,19,22H,8-13H2,1-3H3. The van der Waals surface area contributed by atoms with Crippen molar-refractivity contribution in [3.63, 3.8) is 0 Å². The van der Waals surface area contributed by atoms with Crippen molar-refractivity contribution >= 4 is 17.8 Å². The Balaban J connectivity index is 2.00. The largest absolute Gasteiger partial charge is 0.469 e. The van der Waals surface area contributed by atoms with Crippen LogP contribution >= 0.6 is 0 Å².